The Kier molecular flexibility index (Phi) is 3.98. The summed E-state index contributed by atoms with van der Waals surface area (Å²) in [6, 6.07) is 1.02. The molecule has 0 aromatic carbocycles. The minimum absolute atomic E-state index is 0.0479. The number of thioether (sulfide) groups is 1. The van der Waals surface area contributed by atoms with Crippen LogP contribution in [0, 0.1) is 0 Å². The number of nitrogens with one attached hydrogen (secondary N) is 1. The molecule has 1 aromatic rings. The third-order valence-electron chi connectivity index (χ3n) is 2.50. The smallest absolute Gasteiger partial charge is 0.352 e. The molecule has 2 rings (SSSR count). The van der Waals surface area contributed by atoms with E-state index in [2.05, 4.69) is 15.3 Å². The second-order valence-corrected chi connectivity index (χ2v) is 5.57. The van der Waals surface area contributed by atoms with Gasteiger partial charge in [-0.3, -0.25) is 4.79 Å². The van der Waals surface area contributed by atoms with E-state index >= 15 is 0 Å². The summed E-state index contributed by atoms with van der Waals surface area (Å²) in [4.78, 5) is 18.8. The Morgan fingerprint density at radius 3 is 2.79 bits per heavy atom. The Morgan fingerprint density at radius 1 is 1.53 bits per heavy atom. The monoisotopic (exact) mass is 291 g/mol. The van der Waals surface area contributed by atoms with Gasteiger partial charge in [0.05, 0.1) is 5.25 Å². The van der Waals surface area contributed by atoms with Crippen molar-refractivity contribution < 1.29 is 18.0 Å². The number of rotatable bonds is 4. The average Bonchev–Trinajstić information content (AvgIpc) is 3.12. The lowest BCUT2D eigenvalue weighted by molar-refractivity contribution is -0.141. The molecule has 1 aliphatic carbocycles. The van der Waals surface area contributed by atoms with E-state index in [-0.39, 0.29) is 17.1 Å². The molecule has 1 saturated carbocycles. The molecule has 1 N–H and O–H groups in total. The molecule has 19 heavy (non-hydrogen) atoms. The Hall–Kier alpha value is -1.31. The fourth-order valence-electron chi connectivity index (χ4n) is 1.31. The van der Waals surface area contributed by atoms with E-state index in [9.17, 15) is 18.0 Å². The van der Waals surface area contributed by atoms with Crippen molar-refractivity contribution in [1.82, 2.24) is 15.3 Å². The predicted octanol–water partition coefficient (Wildman–Crippen LogP) is 2.25. The minimum atomic E-state index is -4.50. The summed E-state index contributed by atoms with van der Waals surface area (Å²) in [7, 11) is 0. The van der Waals surface area contributed by atoms with Gasteiger partial charge in [-0.25, -0.2) is 9.97 Å². The highest BCUT2D eigenvalue weighted by atomic mass is 32.2. The standard InChI is InChI=1S/C11H12F3N3OS/c1-6(9(18)16-7-2-3-7)19-10-15-5-4-8(17-10)11(12,13)14/h4-7H,2-3H2,1H3,(H,16,18). The van der Waals surface area contributed by atoms with Gasteiger partial charge in [0, 0.05) is 12.2 Å². The van der Waals surface area contributed by atoms with Crippen LogP contribution in [-0.4, -0.2) is 27.2 Å². The maximum atomic E-state index is 12.5. The molecule has 1 fully saturated rings. The third-order valence-corrected chi connectivity index (χ3v) is 3.47. The number of alkyl halides is 3. The van der Waals surface area contributed by atoms with Crippen LogP contribution in [0.3, 0.4) is 0 Å². The van der Waals surface area contributed by atoms with Crippen molar-refractivity contribution in [3.8, 4) is 0 Å². The van der Waals surface area contributed by atoms with E-state index in [4.69, 9.17) is 0 Å². The molecule has 1 heterocycles. The number of aromatic nitrogens is 2. The van der Waals surface area contributed by atoms with Crippen molar-refractivity contribution in [2.24, 2.45) is 0 Å². The van der Waals surface area contributed by atoms with Gasteiger partial charge in [-0.2, -0.15) is 13.2 Å². The number of carbonyl (C=O) groups excluding carboxylic acids is 1. The number of halogens is 3. The molecule has 4 nitrogen and oxygen atoms in total. The maximum absolute atomic E-state index is 12.5. The second-order valence-electron chi connectivity index (χ2n) is 4.27. The lowest BCUT2D eigenvalue weighted by Gasteiger charge is -2.11. The van der Waals surface area contributed by atoms with E-state index in [1.54, 1.807) is 6.92 Å². The molecule has 0 saturated heterocycles. The summed E-state index contributed by atoms with van der Waals surface area (Å²) in [6.45, 7) is 1.62. The zero-order chi connectivity index (χ0) is 14.0. The van der Waals surface area contributed by atoms with Gasteiger partial charge in [-0.05, 0) is 25.8 Å². The Labute approximate surface area is 112 Å². The summed E-state index contributed by atoms with van der Waals surface area (Å²) in [6.07, 6.45) is -1.53. The summed E-state index contributed by atoms with van der Waals surface area (Å²) < 4.78 is 37.4. The number of hydrogen-bond donors (Lipinski definition) is 1. The summed E-state index contributed by atoms with van der Waals surface area (Å²) in [5.41, 5.74) is -1.00. The van der Waals surface area contributed by atoms with Crippen LogP contribution < -0.4 is 5.32 Å². The molecule has 0 bridgehead atoms. The predicted molar refractivity (Wildman–Crippen MR) is 63.5 cm³/mol. The molecule has 1 aliphatic rings. The van der Waals surface area contributed by atoms with Gasteiger partial charge in [0.15, 0.2) is 5.16 Å². The first kappa shape index (κ1) is 14.1. The maximum Gasteiger partial charge on any atom is 0.433 e. The summed E-state index contributed by atoms with van der Waals surface area (Å²) >= 11 is 0.917. The molecule has 1 amide bonds. The van der Waals surface area contributed by atoms with E-state index in [1.807, 2.05) is 0 Å². The van der Waals surface area contributed by atoms with Crippen molar-refractivity contribution >= 4 is 17.7 Å². The van der Waals surface area contributed by atoms with Crippen LogP contribution in [0.15, 0.2) is 17.4 Å². The molecule has 0 aliphatic heterocycles. The van der Waals surface area contributed by atoms with Gasteiger partial charge >= 0.3 is 6.18 Å². The Morgan fingerprint density at radius 2 is 2.21 bits per heavy atom. The van der Waals surface area contributed by atoms with Crippen molar-refractivity contribution in [2.45, 2.75) is 42.4 Å². The molecule has 1 atom stereocenters. The first-order valence-electron chi connectivity index (χ1n) is 5.73. The quantitative estimate of drug-likeness (QED) is 0.683. The van der Waals surface area contributed by atoms with Crippen LogP contribution >= 0.6 is 11.8 Å². The van der Waals surface area contributed by atoms with Gasteiger partial charge < -0.3 is 5.32 Å². The topological polar surface area (TPSA) is 54.9 Å². The molecule has 1 unspecified atom stereocenters. The number of carbonyl (C=O) groups is 1. The highest BCUT2D eigenvalue weighted by Crippen LogP contribution is 2.29. The van der Waals surface area contributed by atoms with E-state index in [0.29, 0.717) is 0 Å². The van der Waals surface area contributed by atoms with Crippen molar-refractivity contribution in [3.05, 3.63) is 18.0 Å². The molecule has 0 radical (unpaired) electrons. The van der Waals surface area contributed by atoms with E-state index < -0.39 is 17.1 Å². The largest absolute Gasteiger partial charge is 0.433 e. The average molecular weight is 291 g/mol. The van der Waals surface area contributed by atoms with Gasteiger partial charge in [0.25, 0.3) is 0 Å². The first-order chi connectivity index (χ1) is 8.86. The molecular weight excluding hydrogens is 279 g/mol. The Balaban J connectivity index is 1.99. The van der Waals surface area contributed by atoms with Crippen LogP contribution in [0.4, 0.5) is 13.2 Å². The summed E-state index contributed by atoms with van der Waals surface area (Å²) in [5, 5.41) is 2.21. The number of hydrogen-bond acceptors (Lipinski definition) is 4. The van der Waals surface area contributed by atoms with Crippen LogP contribution in [-0.2, 0) is 11.0 Å². The molecule has 8 heteroatoms. The second kappa shape index (κ2) is 5.36. The van der Waals surface area contributed by atoms with Crippen molar-refractivity contribution in [1.29, 1.82) is 0 Å². The van der Waals surface area contributed by atoms with Crippen molar-refractivity contribution in [3.63, 3.8) is 0 Å². The number of amides is 1. The van der Waals surface area contributed by atoms with Crippen LogP contribution in [0.5, 0.6) is 0 Å². The van der Waals surface area contributed by atoms with Crippen LogP contribution in [0.2, 0.25) is 0 Å². The lowest BCUT2D eigenvalue weighted by atomic mass is 10.4. The van der Waals surface area contributed by atoms with E-state index in [0.717, 1.165) is 36.9 Å². The molecular formula is C11H12F3N3OS. The van der Waals surface area contributed by atoms with E-state index in [1.165, 1.54) is 0 Å². The normalized spacial score (nSPS) is 17.1. The van der Waals surface area contributed by atoms with Gasteiger partial charge in [-0.1, -0.05) is 11.8 Å². The third kappa shape index (κ3) is 4.09. The Bertz CT molecular complexity index is 476. The molecule has 0 spiro atoms. The zero-order valence-corrected chi connectivity index (χ0v) is 10.9. The molecule has 1 aromatic heterocycles. The highest BCUT2D eigenvalue weighted by Gasteiger charge is 2.33. The lowest BCUT2D eigenvalue weighted by Crippen LogP contribution is -2.32. The van der Waals surface area contributed by atoms with Gasteiger partial charge in [0.2, 0.25) is 5.91 Å². The summed E-state index contributed by atoms with van der Waals surface area (Å²) in [5.74, 6) is -0.200. The first-order valence-corrected chi connectivity index (χ1v) is 6.61. The van der Waals surface area contributed by atoms with Gasteiger partial charge in [-0.15, -0.1) is 0 Å². The SMILES string of the molecule is CC(Sc1nccc(C(F)(F)F)n1)C(=O)NC1CC1. The fourth-order valence-corrected chi connectivity index (χ4v) is 2.08. The highest BCUT2D eigenvalue weighted by molar-refractivity contribution is 8.00. The van der Waals surface area contributed by atoms with Gasteiger partial charge in [0.1, 0.15) is 5.69 Å². The molecule has 104 valence electrons. The minimum Gasteiger partial charge on any atom is -0.352 e. The van der Waals surface area contributed by atoms with Crippen LogP contribution in [0.25, 0.3) is 0 Å². The number of nitrogens with zero attached hydrogens (tertiary/aromatic N) is 2. The fraction of sp³-hybridized carbons (Fsp3) is 0.545. The zero-order valence-electron chi connectivity index (χ0n) is 10.1. The van der Waals surface area contributed by atoms with Crippen molar-refractivity contribution in [2.75, 3.05) is 0 Å². The van der Waals surface area contributed by atoms with Crippen LogP contribution in [0.1, 0.15) is 25.5 Å².